The van der Waals surface area contributed by atoms with Crippen molar-refractivity contribution in [3.05, 3.63) is 23.9 Å². The van der Waals surface area contributed by atoms with Gasteiger partial charge in [-0.1, -0.05) is 6.07 Å². The Bertz CT molecular complexity index is 475. The molecule has 0 atom stereocenters. The lowest BCUT2D eigenvalue weighted by molar-refractivity contribution is -0.120. The molecule has 6 nitrogen and oxygen atoms in total. The van der Waals surface area contributed by atoms with E-state index in [1.54, 1.807) is 17.0 Å². The van der Waals surface area contributed by atoms with Gasteiger partial charge in [0.2, 0.25) is 5.91 Å². The Labute approximate surface area is 112 Å². The normalized spacial score (nSPS) is 15.6. The quantitative estimate of drug-likeness (QED) is 0.830. The fourth-order valence-corrected chi connectivity index (χ4v) is 1.97. The molecule has 0 radical (unpaired) electrons. The second kappa shape index (κ2) is 6.17. The van der Waals surface area contributed by atoms with E-state index < -0.39 is 0 Å². The van der Waals surface area contributed by atoms with Crippen LogP contribution in [0.25, 0.3) is 0 Å². The van der Waals surface area contributed by atoms with Gasteiger partial charge in [0.25, 0.3) is 5.91 Å². The number of hydrogen-bond donors (Lipinski definition) is 2. The number of nitrogens with zero attached hydrogens (tertiary/aromatic N) is 2. The number of aromatic nitrogens is 1. The second-order valence-corrected chi connectivity index (χ2v) is 4.33. The molecule has 1 aromatic rings. The van der Waals surface area contributed by atoms with Gasteiger partial charge in [-0.3, -0.25) is 9.59 Å². The Morgan fingerprint density at radius 1 is 1.47 bits per heavy atom. The number of carbonyl (C=O) groups excluding carboxylic acids is 2. The zero-order valence-corrected chi connectivity index (χ0v) is 11.0. The molecule has 0 spiro atoms. The maximum Gasteiger partial charge on any atom is 0.272 e. The van der Waals surface area contributed by atoms with Crippen molar-refractivity contribution in [1.82, 2.24) is 15.2 Å². The van der Waals surface area contributed by atoms with Crippen molar-refractivity contribution in [1.29, 1.82) is 0 Å². The first-order chi connectivity index (χ1) is 9.20. The van der Waals surface area contributed by atoms with Crippen molar-refractivity contribution in [2.24, 2.45) is 0 Å². The molecule has 0 saturated carbocycles. The number of anilines is 1. The van der Waals surface area contributed by atoms with Crippen molar-refractivity contribution in [2.75, 3.05) is 31.5 Å². The minimum atomic E-state index is -0.128. The summed E-state index contributed by atoms with van der Waals surface area (Å²) in [7, 11) is 0. The molecule has 0 bridgehead atoms. The van der Waals surface area contributed by atoms with Crippen LogP contribution in [0.4, 0.5) is 5.82 Å². The Kier molecular flexibility index (Phi) is 4.33. The molecular weight excluding hydrogens is 244 g/mol. The SMILES string of the molecule is CCNc1cccc(C(=O)N2CCNC(=O)CC2)n1. The predicted molar refractivity (Wildman–Crippen MR) is 71.9 cm³/mol. The zero-order valence-electron chi connectivity index (χ0n) is 11.0. The van der Waals surface area contributed by atoms with E-state index in [1.807, 2.05) is 13.0 Å². The van der Waals surface area contributed by atoms with Crippen LogP contribution in [0.5, 0.6) is 0 Å². The third-order valence-electron chi connectivity index (χ3n) is 2.93. The molecule has 1 saturated heterocycles. The van der Waals surface area contributed by atoms with Crippen molar-refractivity contribution in [3.8, 4) is 0 Å². The molecule has 2 heterocycles. The van der Waals surface area contributed by atoms with Crippen LogP contribution in [0.1, 0.15) is 23.8 Å². The number of hydrogen-bond acceptors (Lipinski definition) is 4. The van der Waals surface area contributed by atoms with Gasteiger partial charge in [0.1, 0.15) is 11.5 Å². The van der Waals surface area contributed by atoms with Gasteiger partial charge in [-0.15, -0.1) is 0 Å². The van der Waals surface area contributed by atoms with Gasteiger partial charge < -0.3 is 15.5 Å². The molecule has 1 fully saturated rings. The minimum absolute atomic E-state index is 0.00957. The number of amides is 2. The summed E-state index contributed by atoms with van der Waals surface area (Å²) in [4.78, 5) is 29.5. The molecule has 6 heteroatoms. The summed E-state index contributed by atoms with van der Waals surface area (Å²) in [6.07, 6.45) is 0.346. The molecule has 102 valence electrons. The molecule has 19 heavy (non-hydrogen) atoms. The maximum atomic E-state index is 12.3. The molecule has 1 aromatic heterocycles. The van der Waals surface area contributed by atoms with Crippen molar-refractivity contribution >= 4 is 17.6 Å². The molecular formula is C13H18N4O2. The van der Waals surface area contributed by atoms with E-state index in [0.717, 1.165) is 6.54 Å². The smallest absolute Gasteiger partial charge is 0.272 e. The number of pyridine rings is 1. The van der Waals surface area contributed by atoms with E-state index in [-0.39, 0.29) is 11.8 Å². The fraction of sp³-hybridized carbons (Fsp3) is 0.462. The highest BCUT2D eigenvalue weighted by atomic mass is 16.2. The lowest BCUT2D eigenvalue weighted by Crippen LogP contribution is -2.34. The topological polar surface area (TPSA) is 74.3 Å². The number of rotatable bonds is 3. The van der Waals surface area contributed by atoms with Crippen molar-refractivity contribution in [2.45, 2.75) is 13.3 Å². The summed E-state index contributed by atoms with van der Waals surface area (Å²) in [6, 6.07) is 5.33. The van der Waals surface area contributed by atoms with E-state index >= 15 is 0 Å². The van der Waals surface area contributed by atoms with Gasteiger partial charge in [0.15, 0.2) is 0 Å². The van der Waals surface area contributed by atoms with Crippen LogP contribution in [0.15, 0.2) is 18.2 Å². The van der Waals surface area contributed by atoms with Crippen LogP contribution in [0.3, 0.4) is 0 Å². The Hall–Kier alpha value is -2.11. The number of nitrogens with one attached hydrogen (secondary N) is 2. The van der Waals surface area contributed by atoms with Crippen LogP contribution in [0.2, 0.25) is 0 Å². The molecule has 0 aliphatic carbocycles. The highest BCUT2D eigenvalue weighted by Gasteiger charge is 2.20. The van der Waals surface area contributed by atoms with E-state index in [2.05, 4.69) is 15.6 Å². The molecule has 0 unspecified atom stereocenters. The van der Waals surface area contributed by atoms with Gasteiger partial charge in [-0.2, -0.15) is 0 Å². The standard InChI is InChI=1S/C13H18N4O2/c1-2-14-11-5-3-4-10(16-11)13(19)17-8-6-12(18)15-7-9-17/h3-5H,2,6-9H2,1H3,(H,14,16)(H,15,18). The molecule has 2 N–H and O–H groups in total. The molecule has 1 aliphatic heterocycles. The molecule has 2 amide bonds. The first kappa shape index (κ1) is 13.3. The van der Waals surface area contributed by atoms with E-state index in [1.165, 1.54) is 0 Å². The van der Waals surface area contributed by atoms with E-state index in [4.69, 9.17) is 0 Å². The third kappa shape index (κ3) is 3.43. The van der Waals surface area contributed by atoms with E-state index in [9.17, 15) is 9.59 Å². The van der Waals surface area contributed by atoms with Crippen molar-refractivity contribution < 1.29 is 9.59 Å². The summed E-state index contributed by atoms with van der Waals surface area (Å²) in [5, 5.41) is 5.82. The molecule has 1 aliphatic rings. The highest BCUT2D eigenvalue weighted by Crippen LogP contribution is 2.08. The zero-order chi connectivity index (χ0) is 13.7. The van der Waals surface area contributed by atoms with Crippen molar-refractivity contribution in [3.63, 3.8) is 0 Å². The highest BCUT2D eigenvalue weighted by molar-refractivity contribution is 5.93. The average Bonchev–Trinajstić information content (AvgIpc) is 2.63. The van der Waals surface area contributed by atoms with Crippen LogP contribution in [-0.4, -0.2) is 47.9 Å². The van der Waals surface area contributed by atoms with Gasteiger partial charge in [-0.25, -0.2) is 4.98 Å². The van der Waals surface area contributed by atoms with Gasteiger partial charge in [-0.05, 0) is 19.1 Å². The van der Waals surface area contributed by atoms with E-state index in [0.29, 0.717) is 37.6 Å². The van der Waals surface area contributed by atoms with Crippen LogP contribution in [0, 0.1) is 0 Å². The summed E-state index contributed by atoms with van der Waals surface area (Å²) in [5.74, 6) is 0.554. The lowest BCUT2D eigenvalue weighted by atomic mass is 10.3. The van der Waals surface area contributed by atoms with Gasteiger partial charge in [0, 0.05) is 32.6 Å². The summed E-state index contributed by atoms with van der Waals surface area (Å²) < 4.78 is 0. The lowest BCUT2D eigenvalue weighted by Gasteiger charge is -2.19. The summed E-state index contributed by atoms with van der Waals surface area (Å²) in [5.41, 5.74) is 0.410. The van der Waals surface area contributed by atoms with Crippen LogP contribution < -0.4 is 10.6 Å². The second-order valence-electron chi connectivity index (χ2n) is 4.33. The first-order valence-electron chi connectivity index (χ1n) is 6.47. The van der Waals surface area contributed by atoms with Gasteiger partial charge in [0.05, 0.1) is 0 Å². The molecule has 2 rings (SSSR count). The first-order valence-corrected chi connectivity index (χ1v) is 6.47. The average molecular weight is 262 g/mol. The fourth-order valence-electron chi connectivity index (χ4n) is 1.97. The summed E-state index contributed by atoms with van der Waals surface area (Å²) in [6.45, 7) is 4.20. The number of carbonyl (C=O) groups is 2. The largest absolute Gasteiger partial charge is 0.370 e. The Morgan fingerprint density at radius 2 is 2.32 bits per heavy atom. The Morgan fingerprint density at radius 3 is 3.11 bits per heavy atom. The predicted octanol–water partition coefficient (Wildman–Crippen LogP) is 0.475. The molecule has 0 aromatic carbocycles. The van der Waals surface area contributed by atoms with Crippen LogP contribution >= 0.6 is 0 Å². The minimum Gasteiger partial charge on any atom is -0.370 e. The third-order valence-corrected chi connectivity index (χ3v) is 2.93. The Balaban J connectivity index is 2.09. The summed E-state index contributed by atoms with van der Waals surface area (Å²) >= 11 is 0. The maximum absolute atomic E-state index is 12.3. The van der Waals surface area contributed by atoms with Gasteiger partial charge >= 0.3 is 0 Å². The van der Waals surface area contributed by atoms with Crippen LogP contribution in [-0.2, 0) is 4.79 Å². The monoisotopic (exact) mass is 262 g/mol.